The lowest BCUT2D eigenvalue weighted by molar-refractivity contribution is -0.394. The fourth-order valence-corrected chi connectivity index (χ4v) is 1.81. The van der Waals surface area contributed by atoms with Crippen LogP contribution < -0.4 is 5.32 Å². The van der Waals surface area contributed by atoms with E-state index in [0.29, 0.717) is 0 Å². The van der Waals surface area contributed by atoms with Gasteiger partial charge in [-0.1, -0.05) is 0 Å². The average molecular weight is 295 g/mol. The Morgan fingerprint density at radius 1 is 1.19 bits per heavy atom. The third kappa shape index (κ3) is 3.11. The average Bonchev–Trinajstić information content (AvgIpc) is 2.83. The van der Waals surface area contributed by atoms with Crippen molar-refractivity contribution in [2.24, 2.45) is 0 Å². The molecule has 1 amide bonds. The van der Waals surface area contributed by atoms with Crippen LogP contribution in [0.1, 0.15) is 16.8 Å². The maximum absolute atomic E-state index is 11.9. The molecule has 1 aliphatic heterocycles. The zero-order chi connectivity index (χ0) is 15.6. The van der Waals surface area contributed by atoms with E-state index in [2.05, 4.69) is 10.1 Å². The van der Waals surface area contributed by atoms with Crippen LogP contribution in [0.25, 0.3) is 0 Å². The van der Waals surface area contributed by atoms with Crippen molar-refractivity contribution in [3.8, 4) is 0 Å². The SMILES string of the molecule is O=C(NC1CCOC1=O)c1cc([N+](=O)[O-])cc([N+](=O)[O-])c1. The van der Waals surface area contributed by atoms with Gasteiger partial charge in [-0.2, -0.15) is 0 Å². The van der Waals surface area contributed by atoms with Crippen LogP contribution in [0.15, 0.2) is 18.2 Å². The van der Waals surface area contributed by atoms with Crippen molar-refractivity contribution in [2.75, 3.05) is 6.61 Å². The van der Waals surface area contributed by atoms with Crippen molar-refractivity contribution >= 4 is 23.3 Å². The van der Waals surface area contributed by atoms with E-state index in [9.17, 15) is 29.8 Å². The molecular weight excluding hydrogens is 286 g/mol. The van der Waals surface area contributed by atoms with Gasteiger partial charge in [-0.25, -0.2) is 4.79 Å². The van der Waals surface area contributed by atoms with E-state index in [4.69, 9.17) is 0 Å². The quantitative estimate of drug-likeness (QED) is 0.485. The van der Waals surface area contributed by atoms with Gasteiger partial charge < -0.3 is 10.1 Å². The van der Waals surface area contributed by atoms with Crippen LogP contribution in [-0.4, -0.2) is 34.4 Å². The lowest BCUT2D eigenvalue weighted by Gasteiger charge is -2.08. The molecule has 1 aromatic carbocycles. The molecule has 0 saturated carbocycles. The molecule has 10 heteroatoms. The lowest BCUT2D eigenvalue weighted by atomic mass is 10.1. The van der Waals surface area contributed by atoms with Gasteiger partial charge >= 0.3 is 5.97 Å². The Morgan fingerprint density at radius 3 is 2.19 bits per heavy atom. The topological polar surface area (TPSA) is 142 Å². The highest BCUT2D eigenvalue weighted by Gasteiger charge is 2.29. The van der Waals surface area contributed by atoms with E-state index in [-0.39, 0.29) is 18.6 Å². The molecule has 1 saturated heterocycles. The van der Waals surface area contributed by atoms with Crippen LogP contribution >= 0.6 is 0 Å². The molecule has 0 bridgehead atoms. The molecule has 10 nitrogen and oxygen atoms in total. The maximum atomic E-state index is 11.9. The minimum Gasteiger partial charge on any atom is -0.464 e. The normalized spacial score (nSPS) is 17.1. The Morgan fingerprint density at radius 2 is 1.76 bits per heavy atom. The highest BCUT2D eigenvalue weighted by atomic mass is 16.6. The zero-order valence-electron chi connectivity index (χ0n) is 10.5. The third-order valence-corrected chi connectivity index (χ3v) is 2.83. The van der Waals surface area contributed by atoms with E-state index < -0.39 is 39.1 Å². The highest BCUT2D eigenvalue weighted by molar-refractivity contribution is 5.98. The Labute approximate surface area is 117 Å². The number of rotatable bonds is 4. The first-order chi connectivity index (χ1) is 9.88. The second-order valence-electron chi connectivity index (χ2n) is 4.23. The number of hydrogen-bond acceptors (Lipinski definition) is 7. The molecule has 1 N–H and O–H groups in total. The monoisotopic (exact) mass is 295 g/mol. The van der Waals surface area contributed by atoms with Crippen LogP contribution in [0.2, 0.25) is 0 Å². The highest BCUT2D eigenvalue weighted by Crippen LogP contribution is 2.23. The van der Waals surface area contributed by atoms with Gasteiger partial charge in [0.1, 0.15) is 6.04 Å². The minimum absolute atomic E-state index is 0.166. The number of nitrogens with one attached hydrogen (secondary N) is 1. The molecule has 110 valence electrons. The van der Waals surface area contributed by atoms with Gasteiger partial charge in [0.25, 0.3) is 17.3 Å². The van der Waals surface area contributed by atoms with Gasteiger partial charge in [0, 0.05) is 18.6 Å². The van der Waals surface area contributed by atoms with Crippen LogP contribution in [0.4, 0.5) is 11.4 Å². The Kier molecular flexibility index (Phi) is 3.78. The van der Waals surface area contributed by atoms with E-state index >= 15 is 0 Å². The number of nitrogens with zero attached hydrogens (tertiary/aromatic N) is 2. The van der Waals surface area contributed by atoms with E-state index in [0.717, 1.165) is 18.2 Å². The molecule has 0 spiro atoms. The molecule has 1 unspecified atom stereocenters. The zero-order valence-corrected chi connectivity index (χ0v) is 10.5. The molecule has 1 atom stereocenters. The van der Waals surface area contributed by atoms with Crippen molar-refractivity contribution in [2.45, 2.75) is 12.5 Å². The standard InChI is InChI=1S/C11H9N3O7/c15-10(12-9-1-2-21-11(9)16)6-3-7(13(17)18)5-8(4-6)14(19)20/h3-5,9H,1-2H2,(H,12,15). The van der Waals surface area contributed by atoms with Crippen LogP contribution in [0.5, 0.6) is 0 Å². The van der Waals surface area contributed by atoms with Crippen molar-refractivity contribution < 1.29 is 24.2 Å². The van der Waals surface area contributed by atoms with Crippen molar-refractivity contribution in [1.29, 1.82) is 0 Å². The number of esters is 1. The predicted octanol–water partition coefficient (Wildman–Crippen LogP) is 0.548. The van der Waals surface area contributed by atoms with Gasteiger partial charge in [0.2, 0.25) is 0 Å². The summed E-state index contributed by atoms with van der Waals surface area (Å²) in [5.74, 6) is -1.42. The fourth-order valence-electron chi connectivity index (χ4n) is 1.81. The molecule has 2 rings (SSSR count). The maximum Gasteiger partial charge on any atom is 0.328 e. The van der Waals surface area contributed by atoms with E-state index in [1.165, 1.54) is 0 Å². The summed E-state index contributed by atoms with van der Waals surface area (Å²) in [5, 5.41) is 23.8. The predicted molar refractivity (Wildman–Crippen MR) is 66.6 cm³/mol. The van der Waals surface area contributed by atoms with Gasteiger partial charge in [-0.15, -0.1) is 0 Å². The first kappa shape index (κ1) is 14.4. The molecular formula is C11H9N3O7. The summed E-state index contributed by atoms with van der Waals surface area (Å²) in [4.78, 5) is 42.9. The Balaban J connectivity index is 2.29. The van der Waals surface area contributed by atoms with Crippen LogP contribution in [0.3, 0.4) is 0 Å². The van der Waals surface area contributed by atoms with Crippen molar-refractivity contribution in [3.05, 3.63) is 44.0 Å². The van der Waals surface area contributed by atoms with Crippen molar-refractivity contribution in [3.63, 3.8) is 0 Å². The number of nitro groups is 2. The number of non-ortho nitro benzene ring substituents is 2. The smallest absolute Gasteiger partial charge is 0.328 e. The summed E-state index contributed by atoms with van der Waals surface area (Å²) in [5.41, 5.74) is -1.43. The second-order valence-corrected chi connectivity index (χ2v) is 4.23. The number of amides is 1. The molecule has 1 aromatic rings. The first-order valence-electron chi connectivity index (χ1n) is 5.80. The lowest BCUT2D eigenvalue weighted by Crippen LogP contribution is -2.37. The molecule has 1 fully saturated rings. The minimum atomic E-state index is -0.851. The summed E-state index contributed by atoms with van der Waals surface area (Å²) >= 11 is 0. The molecule has 1 aliphatic rings. The summed E-state index contributed by atoms with van der Waals surface area (Å²) in [6.07, 6.45) is 0.279. The molecule has 0 aliphatic carbocycles. The molecule has 0 radical (unpaired) electrons. The number of benzene rings is 1. The van der Waals surface area contributed by atoms with Gasteiger partial charge in [-0.3, -0.25) is 25.0 Å². The summed E-state index contributed by atoms with van der Waals surface area (Å²) < 4.78 is 4.66. The Hall–Kier alpha value is -3.04. The molecule has 21 heavy (non-hydrogen) atoms. The van der Waals surface area contributed by atoms with Gasteiger partial charge in [0.05, 0.1) is 28.1 Å². The number of carbonyl (C=O) groups is 2. The second kappa shape index (κ2) is 5.53. The van der Waals surface area contributed by atoms with E-state index in [1.54, 1.807) is 0 Å². The van der Waals surface area contributed by atoms with Crippen LogP contribution in [0, 0.1) is 20.2 Å². The van der Waals surface area contributed by atoms with Gasteiger partial charge in [0.15, 0.2) is 0 Å². The largest absolute Gasteiger partial charge is 0.464 e. The summed E-state index contributed by atoms with van der Waals surface area (Å²) in [7, 11) is 0. The number of hydrogen-bond donors (Lipinski definition) is 1. The van der Waals surface area contributed by atoms with Gasteiger partial charge in [-0.05, 0) is 0 Å². The van der Waals surface area contributed by atoms with E-state index in [1.807, 2.05) is 0 Å². The number of carbonyl (C=O) groups excluding carboxylic acids is 2. The van der Waals surface area contributed by atoms with Crippen molar-refractivity contribution in [1.82, 2.24) is 5.32 Å². The molecule has 0 aromatic heterocycles. The molecule has 1 heterocycles. The number of cyclic esters (lactones) is 1. The Bertz CT molecular complexity index is 610. The number of nitro benzene ring substituents is 2. The first-order valence-corrected chi connectivity index (χ1v) is 5.80. The number of ether oxygens (including phenoxy) is 1. The summed E-state index contributed by atoms with van der Waals surface area (Å²) in [6.45, 7) is 0.166. The summed E-state index contributed by atoms with van der Waals surface area (Å²) in [6, 6.07) is 1.71. The third-order valence-electron chi connectivity index (χ3n) is 2.83. The fraction of sp³-hybridized carbons (Fsp3) is 0.273. The van der Waals surface area contributed by atoms with Crippen LogP contribution in [-0.2, 0) is 9.53 Å².